The lowest BCUT2D eigenvalue weighted by molar-refractivity contribution is 0.214. The number of nitrogens with zero attached hydrogens (tertiary/aromatic N) is 3. The predicted molar refractivity (Wildman–Crippen MR) is 117 cm³/mol. The molecule has 1 unspecified atom stereocenters. The van der Waals surface area contributed by atoms with Crippen LogP contribution in [0.15, 0.2) is 52.1 Å². The maximum Gasteiger partial charge on any atom is 0.193 e. The fourth-order valence-electron chi connectivity index (χ4n) is 3.46. The molecule has 148 valence electrons. The first-order chi connectivity index (χ1) is 12.7. The Morgan fingerprint density at radius 3 is 2.56 bits per heavy atom. The molecule has 1 aromatic carbocycles. The molecule has 0 amide bonds. The van der Waals surface area contributed by atoms with Crippen molar-refractivity contribution in [1.29, 1.82) is 0 Å². The zero-order valence-electron chi connectivity index (χ0n) is 15.9. The van der Waals surface area contributed by atoms with E-state index in [1.165, 1.54) is 25.0 Å². The highest BCUT2D eigenvalue weighted by Gasteiger charge is 2.26. The van der Waals surface area contributed by atoms with E-state index in [9.17, 15) is 4.39 Å². The summed E-state index contributed by atoms with van der Waals surface area (Å²) >= 11 is 0. The average Bonchev–Trinajstić information content (AvgIpc) is 3.35. The minimum atomic E-state index is -0.217. The molecule has 1 atom stereocenters. The summed E-state index contributed by atoms with van der Waals surface area (Å²) in [7, 11) is 3.76. The maximum absolute atomic E-state index is 13.1. The zero-order chi connectivity index (χ0) is 18.4. The number of guanidine groups is 1. The molecule has 1 N–H and O–H groups in total. The van der Waals surface area contributed by atoms with Crippen LogP contribution in [-0.2, 0) is 6.54 Å². The van der Waals surface area contributed by atoms with Gasteiger partial charge in [-0.05, 0) is 55.8 Å². The Labute approximate surface area is 177 Å². The molecule has 2 heterocycles. The van der Waals surface area contributed by atoms with Gasteiger partial charge in [-0.15, -0.1) is 24.0 Å². The second kappa shape index (κ2) is 10.7. The number of halogens is 2. The smallest absolute Gasteiger partial charge is 0.193 e. The van der Waals surface area contributed by atoms with E-state index in [1.54, 1.807) is 25.4 Å². The highest BCUT2D eigenvalue weighted by Crippen LogP contribution is 2.24. The lowest BCUT2D eigenvalue weighted by Crippen LogP contribution is -2.43. The van der Waals surface area contributed by atoms with Crippen LogP contribution in [0.4, 0.5) is 4.39 Å². The topological polar surface area (TPSA) is 44.0 Å². The van der Waals surface area contributed by atoms with E-state index < -0.39 is 0 Å². The Kier molecular flexibility index (Phi) is 8.56. The Morgan fingerprint density at radius 2 is 1.96 bits per heavy atom. The van der Waals surface area contributed by atoms with Crippen molar-refractivity contribution >= 4 is 29.9 Å². The molecular weight excluding hydrogens is 458 g/mol. The van der Waals surface area contributed by atoms with Crippen molar-refractivity contribution in [2.45, 2.75) is 25.4 Å². The van der Waals surface area contributed by atoms with E-state index in [-0.39, 0.29) is 35.8 Å². The highest BCUT2D eigenvalue weighted by molar-refractivity contribution is 14.0. The summed E-state index contributed by atoms with van der Waals surface area (Å²) in [6.07, 6.45) is 4.20. The molecule has 1 aromatic heterocycles. The van der Waals surface area contributed by atoms with Crippen LogP contribution >= 0.6 is 24.0 Å². The molecule has 5 nitrogen and oxygen atoms in total. The molecule has 1 aliphatic rings. The first-order valence-electron chi connectivity index (χ1n) is 9.11. The average molecular weight is 486 g/mol. The lowest BCUT2D eigenvalue weighted by Gasteiger charge is -2.29. The quantitative estimate of drug-likeness (QED) is 0.383. The summed E-state index contributed by atoms with van der Waals surface area (Å²) in [6, 6.07) is 10.7. The standard InChI is InChI=1S/C20H27FN4O.HI/c1-22-20(24(2)15-16-7-9-17(21)10-8-16)23-14-18(19-6-5-13-26-19)25-11-3-4-12-25;/h5-10,13,18H,3-4,11-12,14-15H2,1-2H3,(H,22,23);1H. The third kappa shape index (κ3) is 5.93. The zero-order valence-corrected chi connectivity index (χ0v) is 18.2. The summed E-state index contributed by atoms with van der Waals surface area (Å²) < 4.78 is 18.7. The van der Waals surface area contributed by atoms with Crippen LogP contribution in [0.3, 0.4) is 0 Å². The molecule has 27 heavy (non-hydrogen) atoms. The largest absolute Gasteiger partial charge is 0.468 e. The van der Waals surface area contributed by atoms with Gasteiger partial charge in [-0.25, -0.2) is 4.39 Å². The van der Waals surface area contributed by atoms with Crippen LogP contribution < -0.4 is 5.32 Å². The highest BCUT2D eigenvalue weighted by atomic mass is 127. The molecule has 3 rings (SSSR count). The number of hydrogen-bond donors (Lipinski definition) is 1. The summed E-state index contributed by atoms with van der Waals surface area (Å²) in [5.41, 5.74) is 1.04. The Balaban J connectivity index is 0.00000261. The van der Waals surface area contributed by atoms with Gasteiger partial charge >= 0.3 is 0 Å². The fourth-order valence-corrected chi connectivity index (χ4v) is 3.46. The van der Waals surface area contributed by atoms with Crippen LogP contribution in [0, 0.1) is 5.82 Å². The molecule has 2 aromatic rings. The van der Waals surface area contributed by atoms with Crippen molar-refractivity contribution in [1.82, 2.24) is 15.1 Å². The third-order valence-corrected chi connectivity index (χ3v) is 4.81. The van der Waals surface area contributed by atoms with Gasteiger partial charge < -0.3 is 14.6 Å². The van der Waals surface area contributed by atoms with Crippen LogP contribution in [0.5, 0.6) is 0 Å². The summed E-state index contributed by atoms with van der Waals surface area (Å²) in [4.78, 5) is 8.89. The second-order valence-corrected chi connectivity index (χ2v) is 6.68. The molecule has 0 aliphatic carbocycles. The normalized spacial score (nSPS) is 16.0. The van der Waals surface area contributed by atoms with Crippen molar-refractivity contribution < 1.29 is 8.81 Å². The van der Waals surface area contributed by atoms with Gasteiger partial charge in [0.1, 0.15) is 11.6 Å². The fraction of sp³-hybridized carbons (Fsp3) is 0.450. The number of benzene rings is 1. The van der Waals surface area contributed by atoms with E-state index >= 15 is 0 Å². The summed E-state index contributed by atoms with van der Waals surface area (Å²) in [5, 5.41) is 3.47. The van der Waals surface area contributed by atoms with Crippen molar-refractivity contribution in [3.8, 4) is 0 Å². The minimum absolute atomic E-state index is 0. The van der Waals surface area contributed by atoms with E-state index in [1.807, 2.05) is 24.1 Å². The van der Waals surface area contributed by atoms with Gasteiger partial charge in [0.25, 0.3) is 0 Å². The lowest BCUT2D eigenvalue weighted by atomic mass is 10.2. The Hall–Kier alpha value is -1.61. The van der Waals surface area contributed by atoms with Crippen molar-refractivity contribution in [3.63, 3.8) is 0 Å². The third-order valence-electron chi connectivity index (χ3n) is 4.81. The number of nitrogens with one attached hydrogen (secondary N) is 1. The summed E-state index contributed by atoms with van der Waals surface area (Å²) in [6.45, 7) is 3.58. The van der Waals surface area contributed by atoms with E-state index in [2.05, 4.69) is 15.2 Å². The van der Waals surface area contributed by atoms with Crippen LogP contribution in [-0.4, -0.2) is 49.5 Å². The molecular formula is C20H28FIN4O. The minimum Gasteiger partial charge on any atom is -0.468 e. The van der Waals surface area contributed by atoms with E-state index in [0.717, 1.165) is 36.9 Å². The van der Waals surface area contributed by atoms with Crippen molar-refractivity contribution in [2.24, 2.45) is 4.99 Å². The van der Waals surface area contributed by atoms with Gasteiger partial charge in [-0.1, -0.05) is 12.1 Å². The first kappa shape index (κ1) is 21.7. The van der Waals surface area contributed by atoms with Gasteiger partial charge in [0.05, 0.1) is 12.3 Å². The monoisotopic (exact) mass is 486 g/mol. The van der Waals surface area contributed by atoms with Crippen molar-refractivity contribution in [3.05, 3.63) is 59.8 Å². The van der Waals surface area contributed by atoms with Crippen LogP contribution in [0.1, 0.15) is 30.2 Å². The Morgan fingerprint density at radius 1 is 1.26 bits per heavy atom. The number of aliphatic imine (C=N–C) groups is 1. The number of likely N-dealkylation sites (tertiary alicyclic amines) is 1. The second-order valence-electron chi connectivity index (χ2n) is 6.68. The van der Waals surface area contributed by atoms with Crippen LogP contribution in [0.2, 0.25) is 0 Å². The van der Waals surface area contributed by atoms with Gasteiger partial charge in [0.2, 0.25) is 0 Å². The van der Waals surface area contributed by atoms with E-state index in [0.29, 0.717) is 6.54 Å². The Bertz CT molecular complexity index is 699. The molecule has 1 saturated heterocycles. The van der Waals surface area contributed by atoms with Gasteiger partial charge in [0.15, 0.2) is 5.96 Å². The van der Waals surface area contributed by atoms with Gasteiger partial charge in [0, 0.05) is 27.2 Å². The number of furan rings is 1. The molecule has 0 radical (unpaired) electrons. The molecule has 1 fully saturated rings. The molecule has 0 spiro atoms. The molecule has 1 aliphatic heterocycles. The molecule has 0 bridgehead atoms. The van der Waals surface area contributed by atoms with E-state index in [4.69, 9.17) is 4.42 Å². The van der Waals surface area contributed by atoms with Crippen LogP contribution in [0.25, 0.3) is 0 Å². The SMILES string of the molecule is CN=C(NCC(c1ccco1)N1CCCC1)N(C)Cc1ccc(F)cc1.I. The maximum atomic E-state index is 13.1. The summed E-state index contributed by atoms with van der Waals surface area (Å²) in [5.74, 6) is 1.58. The predicted octanol–water partition coefficient (Wildman–Crippen LogP) is 3.88. The molecule has 0 saturated carbocycles. The number of rotatable bonds is 6. The van der Waals surface area contributed by atoms with Crippen molar-refractivity contribution in [2.75, 3.05) is 33.7 Å². The first-order valence-corrected chi connectivity index (χ1v) is 9.11. The molecule has 7 heteroatoms. The van der Waals surface area contributed by atoms with Gasteiger partial charge in [-0.2, -0.15) is 0 Å². The number of hydrogen-bond acceptors (Lipinski definition) is 3. The van der Waals surface area contributed by atoms with Gasteiger partial charge in [-0.3, -0.25) is 9.89 Å².